The number of carbonyl (C=O) groups excluding carboxylic acids is 1. The van der Waals surface area contributed by atoms with Crippen molar-refractivity contribution >= 4 is 22.5 Å². The van der Waals surface area contributed by atoms with Gasteiger partial charge in [0, 0.05) is 13.2 Å². The standard InChI is InChI=1S/C14H18N4O2S/c19-13(17-14-18-16-11-21-14)15-8-4-9-20-10-7-12-5-2-1-3-6-12/h1-3,5-6,11H,4,7-10H2,(H2,15,17,18,19). The maximum absolute atomic E-state index is 11.5. The van der Waals surface area contributed by atoms with Gasteiger partial charge < -0.3 is 10.1 Å². The zero-order chi connectivity index (χ0) is 14.8. The summed E-state index contributed by atoms with van der Waals surface area (Å²) in [6, 6.07) is 9.95. The second-order valence-corrected chi connectivity index (χ2v) is 5.16. The lowest BCUT2D eigenvalue weighted by Crippen LogP contribution is -2.30. The fourth-order valence-corrected chi connectivity index (χ4v) is 2.12. The number of nitrogens with zero attached hydrogens (tertiary/aromatic N) is 2. The summed E-state index contributed by atoms with van der Waals surface area (Å²) in [6.45, 7) is 1.89. The third-order valence-corrected chi connectivity index (χ3v) is 3.32. The lowest BCUT2D eigenvalue weighted by molar-refractivity contribution is 0.135. The van der Waals surface area contributed by atoms with E-state index < -0.39 is 0 Å². The summed E-state index contributed by atoms with van der Waals surface area (Å²) in [5, 5.41) is 13.2. The Hall–Kier alpha value is -1.99. The second-order valence-electron chi connectivity index (χ2n) is 4.33. The molecular formula is C14H18N4O2S. The minimum atomic E-state index is -0.268. The maximum Gasteiger partial charge on any atom is 0.321 e. The van der Waals surface area contributed by atoms with Gasteiger partial charge in [0.25, 0.3) is 0 Å². The van der Waals surface area contributed by atoms with E-state index in [1.54, 1.807) is 5.51 Å². The van der Waals surface area contributed by atoms with E-state index in [0.717, 1.165) is 12.8 Å². The van der Waals surface area contributed by atoms with Gasteiger partial charge in [-0.3, -0.25) is 5.32 Å². The number of hydrogen-bond acceptors (Lipinski definition) is 5. The van der Waals surface area contributed by atoms with Gasteiger partial charge in [-0.05, 0) is 18.4 Å². The molecule has 21 heavy (non-hydrogen) atoms. The van der Waals surface area contributed by atoms with Gasteiger partial charge in [-0.1, -0.05) is 41.7 Å². The third-order valence-electron chi connectivity index (χ3n) is 2.71. The van der Waals surface area contributed by atoms with Crippen molar-refractivity contribution in [1.82, 2.24) is 15.5 Å². The van der Waals surface area contributed by atoms with Gasteiger partial charge in [-0.25, -0.2) is 4.79 Å². The summed E-state index contributed by atoms with van der Waals surface area (Å²) in [7, 11) is 0. The molecule has 2 aromatic rings. The van der Waals surface area contributed by atoms with Crippen LogP contribution in [0.4, 0.5) is 9.93 Å². The average molecular weight is 306 g/mol. The van der Waals surface area contributed by atoms with E-state index in [1.807, 2.05) is 18.2 Å². The van der Waals surface area contributed by atoms with Gasteiger partial charge in [-0.15, -0.1) is 10.2 Å². The molecule has 0 saturated heterocycles. The summed E-state index contributed by atoms with van der Waals surface area (Å²) in [4.78, 5) is 11.5. The van der Waals surface area contributed by atoms with Crippen molar-refractivity contribution in [3.05, 3.63) is 41.4 Å². The molecule has 0 atom stereocenters. The molecule has 1 aromatic heterocycles. The fraction of sp³-hybridized carbons (Fsp3) is 0.357. The summed E-state index contributed by atoms with van der Waals surface area (Å²) in [5.41, 5.74) is 2.84. The zero-order valence-electron chi connectivity index (χ0n) is 11.6. The smallest absolute Gasteiger partial charge is 0.321 e. The number of benzene rings is 1. The summed E-state index contributed by atoms with van der Waals surface area (Å²) in [6.07, 6.45) is 1.68. The third kappa shape index (κ3) is 6.33. The van der Waals surface area contributed by atoms with Gasteiger partial charge in [-0.2, -0.15) is 0 Å². The Labute approximate surface area is 127 Å². The second kappa shape index (κ2) is 9.04. The van der Waals surface area contributed by atoms with Crippen molar-refractivity contribution in [2.45, 2.75) is 12.8 Å². The largest absolute Gasteiger partial charge is 0.381 e. The molecule has 0 aliphatic carbocycles. The highest BCUT2D eigenvalue weighted by atomic mass is 32.1. The molecule has 0 unspecified atom stereocenters. The Bertz CT molecular complexity index is 519. The molecule has 0 radical (unpaired) electrons. The lowest BCUT2D eigenvalue weighted by Gasteiger charge is -2.06. The van der Waals surface area contributed by atoms with Crippen LogP contribution in [0.1, 0.15) is 12.0 Å². The fourth-order valence-electron chi connectivity index (χ4n) is 1.68. The molecular weight excluding hydrogens is 288 g/mol. The molecule has 1 aromatic carbocycles. The Kier molecular flexibility index (Phi) is 6.63. The Morgan fingerprint density at radius 3 is 2.86 bits per heavy atom. The number of amides is 2. The molecule has 0 aliphatic rings. The predicted molar refractivity (Wildman–Crippen MR) is 82.5 cm³/mol. The minimum Gasteiger partial charge on any atom is -0.381 e. The maximum atomic E-state index is 11.5. The molecule has 0 aliphatic heterocycles. The van der Waals surface area contributed by atoms with E-state index in [1.165, 1.54) is 16.9 Å². The first kappa shape index (κ1) is 15.4. The molecule has 7 heteroatoms. The monoisotopic (exact) mass is 306 g/mol. The molecule has 1 heterocycles. The molecule has 0 saturated carbocycles. The van der Waals surface area contributed by atoms with Crippen molar-refractivity contribution in [2.24, 2.45) is 0 Å². The summed E-state index contributed by atoms with van der Waals surface area (Å²) >= 11 is 1.28. The number of aromatic nitrogens is 2. The van der Waals surface area contributed by atoms with Crippen LogP contribution in [0.25, 0.3) is 0 Å². The summed E-state index contributed by atoms with van der Waals surface area (Å²) in [5.74, 6) is 0. The van der Waals surface area contributed by atoms with E-state index in [-0.39, 0.29) is 6.03 Å². The van der Waals surface area contributed by atoms with Gasteiger partial charge in [0.15, 0.2) is 0 Å². The van der Waals surface area contributed by atoms with E-state index >= 15 is 0 Å². The SMILES string of the molecule is O=C(NCCCOCCc1ccccc1)Nc1nncs1. The predicted octanol–water partition coefficient (Wildman–Crippen LogP) is 2.31. The molecule has 0 bridgehead atoms. The van der Waals surface area contributed by atoms with Crippen LogP contribution < -0.4 is 10.6 Å². The van der Waals surface area contributed by atoms with Crippen LogP contribution in [0, 0.1) is 0 Å². The number of hydrogen-bond donors (Lipinski definition) is 2. The van der Waals surface area contributed by atoms with Crippen LogP contribution in [0.3, 0.4) is 0 Å². The van der Waals surface area contributed by atoms with Gasteiger partial charge in [0.1, 0.15) is 5.51 Å². The number of urea groups is 1. The van der Waals surface area contributed by atoms with Crippen LogP contribution in [-0.2, 0) is 11.2 Å². The molecule has 2 rings (SSSR count). The molecule has 0 fully saturated rings. The number of nitrogens with one attached hydrogen (secondary N) is 2. The molecule has 2 N–H and O–H groups in total. The first-order chi connectivity index (χ1) is 10.3. The zero-order valence-corrected chi connectivity index (χ0v) is 12.4. The number of carbonyl (C=O) groups is 1. The Morgan fingerprint density at radius 1 is 1.24 bits per heavy atom. The number of rotatable bonds is 8. The van der Waals surface area contributed by atoms with E-state index in [0.29, 0.717) is 24.9 Å². The summed E-state index contributed by atoms with van der Waals surface area (Å²) < 4.78 is 5.53. The van der Waals surface area contributed by atoms with Crippen LogP contribution >= 0.6 is 11.3 Å². The van der Waals surface area contributed by atoms with E-state index in [9.17, 15) is 4.79 Å². The van der Waals surface area contributed by atoms with Crippen LogP contribution in [0.5, 0.6) is 0 Å². The highest BCUT2D eigenvalue weighted by Crippen LogP contribution is 2.06. The molecule has 6 nitrogen and oxygen atoms in total. The van der Waals surface area contributed by atoms with Crippen LogP contribution in [0.15, 0.2) is 35.8 Å². The lowest BCUT2D eigenvalue weighted by atomic mass is 10.2. The first-order valence-electron chi connectivity index (χ1n) is 6.77. The Morgan fingerprint density at radius 2 is 2.10 bits per heavy atom. The van der Waals surface area contributed by atoms with Gasteiger partial charge in [0.05, 0.1) is 6.61 Å². The minimum absolute atomic E-state index is 0.268. The van der Waals surface area contributed by atoms with Crippen molar-refractivity contribution in [3.8, 4) is 0 Å². The highest BCUT2D eigenvalue weighted by Gasteiger charge is 2.02. The van der Waals surface area contributed by atoms with Crippen molar-refractivity contribution in [3.63, 3.8) is 0 Å². The van der Waals surface area contributed by atoms with Crippen molar-refractivity contribution < 1.29 is 9.53 Å². The molecule has 0 spiro atoms. The number of anilines is 1. The van der Waals surface area contributed by atoms with Crippen molar-refractivity contribution in [1.29, 1.82) is 0 Å². The topological polar surface area (TPSA) is 76.1 Å². The van der Waals surface area contributed by atoms with Gasteiger partial charge in [0.2, 0.25) is 5.13 Å². The van der Waals surface area contributed by atoms with Crippen LogP contribution in [0.2, 0.25) is 0 Å². The average Bonchev–Trinajstić information content (AvgIpc) is 3.00. The van der Waals surface area contributed by atoms with E-state index in [2.05, 4.69) is 33.0 Å². The Balaban J connectivity index is 1.46. The van der Waals surface area contributed by atoms with Crippen molar-refractivity contribution in [2.75, 3.05) is 25.1 Å². The highest BCUT2D eigenvalue weighted by molar-refractivity contribution is 7.13. The van der Waals surface area contributed by atoms with Gasteiger partial charge >= 0.3 is 6.03 Å². The molecule has 2 amide bonds. The van der Waals surface area contributed by atoms with E-state index in [4.69, 9.17) is 4.74 Å². The quantitative estimate of drug-likeness (QED) is 0.734. The molecule has 112 valence electrons. The first-order valence-corrected chi connectivity index (χ1v) is 7.65. The van der Waals surface area contributed by atoms with Crippen LogP contribution in [-0.4, -0.2) is 36.0 Å². The normalized spacial score (nSPS) is 10.3. The number of ether oxygens (including phenoxy) is 1.